The van der Waals surface area contributed by atoms with Gasteiger partial charge in [-0.3, -0.25) is 14.6 Å². The minimum absolute atomic E-state index is 0.317. The molecule has 0 N–H and O–H groups in total. The Morgan fingerprint density at radius 1 is 1.00 bits per heavy atom. The number of pyridine rings is 1. The third kappa shape index (κ3) is 3.23. The minimum atomic E-state index is -1.29. The van der Waals surface area contributed by atoms with Gasteiger partial charge in [-0.25, -0.2) is 0 Å². The molecular formula is C24H19NO4. The summed E-state index contributed by atoms with van der Waals surface area (Å²) in [6, 6.07) is 17.4. The molecule has 0 bridgehead atoms. The molecule has 0 saturated heterocycles. The molecule has 29 heavy (non-hydrogen) atoms. The summed E-state index contributed by atoms with van der Waals surface area (Å²) in [7, 11) is 2.56. The van der Waals surface area contributed by atoms with Crippen molar-refractivity contribution in [1.82, 2.24) is 4.98 Å². The topological polar surface area (TPSA) is 65.5 Å². The van der Waals surface area contributed by atoms with Gasteiger partial charge >= 0.3 is 11.9 Å². The van der Waals surface area contributed by atoms with Gasteiger partial charge in [0.25, 0.3) is 0 Å². The fraction of sp³-hybridized carbons (Fsp3) is 0.208. The number of fused-ring (bicyclic) bond motifs is 1. The van der Waals surface area contributed by atoms with Gasteiger partial charge in [0.05, 0.1) is 19.7 Å². The highest BCUT2D eigenvalue weighted by molar-refractivity contribution is 6.05. The lowest BCUT2D eigenvalue weighted by Gasteiger charge is -2.13. The van der Waals surface area contributed by atoms with Crippen molar-refractivity contribution in [3.63, 3.8) is 0 Å². The minimum Gasteiger partial charge on any atom is -0.468 e. The van der Waals surface area contributed by atoms with E-state index in [1.165, 1.54) is 14.2 Å². The van der Waals surface area contributed by atoms with Crippen LogP contribution in [0.1, 0.15) is 29.0 Å². The standard InChI is InChI=1S/C24H19NO4/c1-28-22(26)24(23(27)29-2)14-20(24)19-9-5-3-7-17(19)12-11-16-13-18-8-4-6-10-21(18)25-15-16/h3-10,13,15,20H,14H2,1-2H3. The van der Waals surface area contributed by atoms with Crippen LogP contribution in [0, 0.1) is 17.3 Å². The number of aromatic nitrogens is 1. The van der Waals surface area contributed by atoms with E-state index in [9.17, 15) is 9.59 Å². The lowest BCUT2D eigenvalue weighted by atomic mass is 9.95. The Bertz CT molecular complexity index is 1160. The zero-order chi connectivity index (χ0) is 20.4. The lowest BCUT2D eigenvalue weighted by molar-refractivity contribution is -0.161. The smallest absolute Gasteiger partial charge is 0.323 e. The normalized spacial score (nSPS) is 16.4. The fourth-order valence-corrected chi connectivity index (χ4v) is 3.73. The molecule has 5 heteroatoms. The Balaban J connectivity index is 1.69. The maximum absolute atomic E-state index is 12.3. The number of rotatable bonds is 3. The second-order valence-corrected chi connectivity index (χ2v) is 6.97. The summed E-state index contributed by atoms with van der Waals surface area (Å²) < 4.78 is 9.76. The van der Waals surface area contributed by atoms with Gasteiger partial charge in [-0.05, 0) is 30.2 Å². The molecule has 1 aliphatic rings. The number of esters is 2. The maximum Gasteiger partial charge on any atom is 0.323 e. The SMILES string of the molecule is COC(=O)C1(C(=O)OC)CC1c1ccccc1C#Cc1cnc2ccccc2c1. The van der Waals surface area contributed by atoms with Crippen molar-refractivity contribution in [2.45, 2.75) is 12.3 Å². The quantitative estimate of drug-likeness (QED) is 0.392. The molecule has 0 radical (unpaired) electrons. The number of hydrogen-bond donors (Lipinski definition) is 0. The molecule has 3 aromatic rings. The first-order valence-electron chi connectivity index (χ1n) is 9.22. The van der Waals surface area contributed by atoms with Crippen LogP contribution in [0.4, 0.5) is 0 Å². The van der Waals surface area contributed by atoms with Crippen molar-refractivity contribution >= 4 is 22.8 Å². The van der Waals surface area contributed by atoms with Gasteiger partial charge in [0.1, 0.15) is 0 Å². The molecule has 1 aliphatic carbocycles. The van der Waals surface area contributed by atoms with Gasteiger partial charge in [0, 0.05) is 28.6 Å². The van der Waals surface area contributed by atoms with Crippen molar-refractivity contribution in [3.8, 4) is 11.8 Å². The zero-order valence-corrected chi connectivity index (χ0v) is 16.1. The summed E-state index contributed by atoms with van der Waals surface area (Å²) in [6.45, 7) is 0. The van der Waals surface area contributed by atoms with E-state index in [1.54, 1.807) is 6.20 Å². The van der Waals surface area contributed by atoms with Crippen LogP contribution < -0.4 is 0 Å². The molecule has 4 rings (SSSR count). The molecule has 2 aromatic carbocycles. The van der Waals surface area contributed by atoms with E-state index in [0.29, 0.717) is 6.42 Å². The number of carbonyl (C=O) groups is 2. The molecule has 1 unspecified atom stereocenters. The van der Waals surface area contributed by atoms with Gasteiger partial charge in [-0.1, -0.05) is 48.2 Å². The van der Waals surface area contributed by atoms with Gasteiger partial charge < -0.3 is 9.47 Å². The average molecular weight is 385 g/mol. The Morgan fingerprint density at radius 3 is 2.45 bits per heavy atom. The molecular weight excluding hydrogens is 366 g/mol. The molecule has 144 valence electrons. The number of nitrogens with zero attached hydrogens (tertiary/aromatic N) is 1. The first kappa shape index (κ1) is 18.7. The molecule has 1 atom stereocenters. The molecule has 1 aromatic heterocycles. The van der Waals surface area contributed by atoms with Crippen molar-refractivity contribution in [1.29, 1.82) is 0 Å². The fourth-order valence-electron chi connectivity index (χ4n) is 3.73. The van der Waals surface area contributed by atoms with Crippen LogP contribution in [0.3, 0.4) is 0 Å². The van der Waals surface area contributed by atoms with Crippen molar-refractivity contribution in [2.75, 3.05) is 14.2 Å². The third-order valence-corrected chi connectivity index (χ3v) is 5.33. The van der Waals surface area contributed by atoms with Crippen LogP contribution in [0.2, 0.25) is 0 Å². The van der Waals surface area contributed by atoms with Crippen molar-refractivity contribution < 1.29 is 19.1 Å². The highest BCUT2D eigenvalue weighted by Gasteiger charge is 2.68. The van der Waals surface area contributed by atoms with Crippen molar-refractivity contribution in [2.24, 2.45) is 5.41 Å². The largest absolute Gasteiger partial charge is 0.468 e. The van der Waals surface area contributed by atoms with E-state index in [2.05, 4.69) is 16.8 Å². The summed E-state index contributed by atoms with van der Waals surface area (Å²) in [4.78, 5) is 29.1. The summed E-state index contributed by atoms with van der Waals surface area (Å²) >= 11 is 0. The van der Waals surface area contributed by atoms with Crippen LogP contribution >= 0.6 is 0 Å². The first-order valence-corrected chi connectivity index (χ1v) is 9.22. The molecule has 0 aliphatic heterocycles. The third-order valence-electron chi connectivity index (χ3n) is 5.33. The van der Waals surface area contributed by atoms with E-state index in [1.807, 2.05) is 54.6 Å². The number of carbonyl (C=O) groups excluding carboxylic acids is 2. The molecule has 5 nitrogen and oxygen atoms in total. The van der Waals surface area contributed by atoms with E-state index in [0.717, 1.165) is 27.6 Å². The number of hydrogen-bond acceptors (Lipinski definition) is 5. The van der Waals surface area contributed by atoms with Crippen molar-refractivity contribution in [3.05, 3.63) is 77.5 Å². The summed E-state index contributed by atoms with van der Waals surface area (Å²) in [5.41, 5.74) is 2.02. The van der Waals surface area contributed by atoms with Crippen LogP contribution in [-0.2, 0) is 19.1 Å². The molecule has 0 amide bonds. The second-order valence-electron chi connectivity index (χ2n) is 6.97. The Hall–Kier alpha value is -3.65. The maximum atomic E-state index is 12.3. The van der Waals surface area contributed by atoms with E-state index < -0.39 is 17.4 Å². The number of ether oxygens (including phenoxy) is 2. The van der Waals surface area contributed by atoms with Gasteiger partial charge in [-0.2, -0.15) is 0 Å². The highest BCUT2D eigenvalue weighted by atomic mass is 16.5. The van der Waals surface area contributed by atoms with Crippen LogP contribution in [0.25, 0.3) is 10.9 Å². The zero-order valence-electron chi connectivity index (χ0n) is 16.1. The van der Waals surface area contributed by atoms with E-state index in [4.69, 9.17) is 9.47 Å². The summed E-state index contributed by atoms with van der Waals surface area (Å²) in [5, 5.41) is 1.02. The summed E-state index contributed by atoms with van der Waals surface area (Å²) in [5.74, 6) is 4.85. The number of para-hydroxylation sites is 1. The molecule has 1 saturated carbocycles. The van der Waals surface area contributed by atoms with Crippen LogP contribution in [0.15, 0.2) is 60.8 Å². The monoisotopic (exact) mass is 385 g/mol. The number of methoxy groups -OCH3 is 2. The van der Waals surface area contributed by atoms with E-state index in [-0.39, 0.29) is 5.92 Å². The van der Waals surface area contributed by atoms with Gasteiger partial charge in [0.15, 0.2) is 5.41 Å². The van der Waals surface area contributed by atoms with Gasteiger partial charge in [-0.15, -0.1) is 0 Å². The summed E-state index contributed by atoms with van der Waals surface area (Å²) in [6.07, 6.45) is 2.09. The Kier molecular flexibility index (Phi) is 4.77. The predicted octanol–water partition coefficient (Wildman–Crippen LogP) is 3.45. The highest BCUT2D eigenvalue weighted by Crippen LogP contribution is 2.61. The second kappa shape index (κ2) is 7.40. The molecule has 1 fully saturated rings. The molecule has 0 spiro atoms. The van der Waals surface area contributed by atoms with Crippen LogP contribution in [0.5, 0.6) is 0 Å². The first-order chi connectivity index (χ1) is 14.1. The molecule has 1 heterocycles. The Labute approximate surface area is 168 Å². The predicted molar refractivity (Wildman–Crippen MR) is 108 cm³/mol. The Morgan fingerprint density at radius 2 is 1.69 bits per heavy atom. The van der Waals surface area contributed by atoms with Gasteiger partial charge in [0.2, 0.25) is 0 Å². The van der Waals surface area contributed by atoms with E-state index >= 15 is 0 Å². The lowest BCUT2D eigenvalue weighted by Crippen LogP contribution is -2.30. The number of benzene rings is 2. The average Bonchev–Trinajstić information content (AvgIpc) is 3.53. The van der Waals surface area contributed by atoms with Crippen LogP contribution in [-0.4, -0.2) is 31.1 Å².